The molecule has 1 saturated heterocycles. The van der Waals surface area contributed by atoms with Gasteiger partial charge in [0.05, 0.1) is 6.10 Å². The Morgan fingerprint density at radius 3 is 2.60 bits per heavy atom. The van der Waals surface area contributed by atoms with Crippen molar-refractivity contribution in [1.82, 2.24) is 0 Å². The molecule has 2 nitrogen and oxygen atoms in total. The van der Waals surface area contributed by atoms with Gasteiger partial charge in [0.25, 0.3) is 0 Å². The largest absolute Gasteiger partial charge is 0.349 e. The molecule has 2 aromatic rings. The molecule has 0 spiro atoms. The van der Waals surface area contributed by atoms with Crippen molar-refractivity contribution in [3.8, 4) is 0 Å². The van der Waals surface area contributed by atoms with Crippen molar-refractivity contribution < 1.29 is 4.74 Å². The minimum absolute atomic E-state index is 0.0299. The van der Waals surface area contributed by atoms with Gasteiger partial charge >= 0.3 is 0 Å². The number of benzene rings is 2. The highest BCUT2D eigenvalue weighted by Gasteiger charge is 2.33. The molecule has 1 aliphatic heterocycles. The number of nitrogens with zero attached hydrogens (tertiary/aromatic N) is 1. The van der Waals surface area contributed by atoms with Crippen LogP contribution in [-0.4, -0.2) is 12.6 Å². The number of anilines is 1. The zero-order valence-corrected chi connectivity index (χ0v) is 12.1. The molecule has 1 aliphatic rings. The molecule has 1 heterocycles. The molecule has 1 fully saturated rings. The first-order valence-electron chi connectivity index (χ1n) is 7.31. The van der Waals surface area contributed by atoms with Crippen LogP contribution in [0.1, 0.15) is 30.7 Å². The molecule has 2 heteroatoms. The molecular formula is C18H21NO. The molecule has 104 valence electrons. The molecule has 0 amide bonds. The van der Waals surface area contributed by atoms with Crippen molar-refractivity contribution in [2.45, 2.75) is 32.6 Å². The summed E-state index contributed by atoms with van der Waals surface area (Å²) in [5, 5.41) is 0. The maximum atomic E-state index is 6.24. The first-order valence-corrected chi connectivity index (χ1v) is 7.31. The quantitative estimate of drug-likeness (QED) is 0.821. The van der Waals surface area contributed by atoms with Gasteiger partial charge in [-0.15, -0.1) is 0 Å². The fraction of sp³-hybridized carbons (Fsp3) is 0.333. The normalized spacial score (nSPS) is 22.2. The van der Waals surface area contributed by atoms with Crippen LogP contribution in [0, 0.1) is 6.92 Å². The van der Waals surface area contributed by atoms with Gasteiger partial charge in [-0.2, -0.15) is 0 Å². The van der Waals surface area contributed by atoms with Crippen LogP contribution in [0.4, 0.5) is 5.69 Å². The van der Waals surface area contributed by atoms with Crippen molar-refractivity contribution in [3.63, 3.8) is 0 Å². The van der Waals surface area contributed by atoms with Crippen molar-refractivity contribution >= 4 is 5.69 Å². The Bertz CT molecular complexity index is 567. The first kappa shape index (κ1) is 13.2. The van der Waals surface area contributed by atoms with Crippen molar-refractivity contribution in [3.05, 3.63) is 65.7 Å². The number of hydrogen-bond donors (Lipinski definition) is 0. The molecule has 3 rings (SSSR count). The van der Waals surface area contributed by atoms with Crippen LogP contribution < -0.4 is 4.90 Å². The summed E-state index contributed by atoms with van der Waals surface area (Å²) in [5.41, 5.74) is 3.75. The standard InChI is InChI=1S/C18H21NO/c1-3-17-13-19(16-10-5-4-6-11-16)18(20-17)15-9-7-8-14(2)12-15/h4-12,17-18H,3,13H2,1-2H3. The fourth-order valence-electron chi connectivity index (χ4n) is 2.78. The van der Waals surface area contributed by atoms with Gasteiger partial charge in [0, 0.05) is 17.8 Å². The van der Waals surface area contributed by atoms with E-state index >= 15 is 0 Å². The second-order valence-corrected chi connectivity index (χ2v) is 5.42. The van der Waals surface area contributed by atoms with Gasteiger partial charge in [0.1, 0.15) is 0 Å². The van der Waals surface area contributed by atoms with Crippen LogP contribution in [0.25, 0.3) is 0 Å². The lowest BCUT2D eigenvalue weighted by Crippen LogP contribution is -2.24. The summed E-state index contributed by atoms with van der Waals surface area (Å²) >= 11 is 0. The van der Waals surface area contributed by atoms with Gasteiger partial charge in [-0.25, -0.2) is 0 Å². The molecule has 0 radical (unpaired) electrons. The number of rotatable bonds is 3. The highest BCUT2D eigenvalue weighted by Crippen LogP contribution is 2.35. The summed E-state index contributed by atoms with van der Waals surface area (Å²) in [5.74, 6) is 0. The smallest absolute Gasteiger partial charge is 0.157 e. The maximum Gasteiger partial charge on any atom is 0.157 e. The highest BCUT2D eigenvalue weighted by atomic mass is 16.5. The average molecular weight is 267 g/mol. The Labute approximate surface area is 121 Å². The number of hydrogen-bond acceptors (Lipinski definition) is 2. The van der Waals surface area contributed by atoms with E-state index in [1.54, 1.807) is 0 Å². The minimum Gasteiger partial charge on any atom is -0.349 e. The monoisotopic (exact) mass is 267 g/mol. The average Bonchev–Trinajstić information content (AvgIpc) is 2.92. The topological polar surface area (TPSA) is 12.5 Å². The number of ether oxygens (including phenoxy) is 1. The van der Waals surface area contributed by atoms with Gasteiger partial charge in [-0.3, -0.25) is 0 Å². The summed E-state index contributed by atoms with van der Waals surface area (Å²) in [7, 11) is 0. The van der Waals surface area contributed by atoms with E-state index in [9.17, 15) is 0 Å². The van der Waals surface area contributed by atoms with Gasteiger partial charge in [0.2, 0.25) is 0 Å². The summed E-state index contributed by atoms with van der Waals surface area (Å²) in [6.07, 6.45) is 1.38. The highest BCUT2D eigenvalue weighted by molar-refractivity contribution is 5.49. The zero-order valence-electron chi connectivity index (χ0n) is 12.1. The molecule has 0 aliphatic carbocycles. The summed E-state index contributed by atoms with van der Waals surface area (Å²) in [6.45, 7) is 5.27. The Hall–Kier alpha value is -1.80. The minimum atomic E-state index is 0.0299. The molecule has 0 aromatic heterocycles. The van der Waals surface area contributed by atoms with Crippen molar-refractivity contribution in [2.75, 3.05) is 11.4 Å². The van der Waals surface area contributed by atoms with Gasteiger partial charge < -0.3 is 9.64 Å². The predicted octanol–water partition coefficient (Wildman–Crippen LogP) is 4.31. The van der Waals surface area contributed by atoms with Gasteiger partial charge in [-0.05, 0) is 25.5 Å². The van der Waals surface area contributed by atoms with Crippen molar-refractivity contribution in [2.24, 2.45) is 0 Å². The van der Waals surface area contributed by atoms with E-state index < -0.39 is 0 Å². The molecule has 0 N–H and O–H groups in total. The van der Waals surface area contributed by atoms with E-state index in [0.717, 1.165) is 13.0 Å². The lowest BCUT2D eigenvalue weighted by Gasteiger charge is -2.25. The second-order valence-electron chi connectivity index (χ2n) is 5.42. The van der Waals surface area contributed by atoms with Crippen molar-refractivity contribution in [1.29, 1.82) is 0 Å². The molecule has 2 aromatic carbocycles. The lowest BCUT2D eigenvalue weighted by atomic mass is 10.1. The van der Waals surface area contributed by atoms with E-state index in [4.69, 9.17) is 4.74 Å². The predicted molar refractivity (Wildman–Crippen MR) is 82.9 cm³/mol. The molecule has 20 heavy (non-hydrogen) atoms. The molecule has 0 bridgehead atoms. The van der Waals surface area contributed by atoms with Crippen LogP contribution in [-0.2, 0) is 4.74 Å². The molecule has 2 unspecified atom stereocenters. The van der Waals surface area contributed by atoms with E-state index in [1.165, 1.54) is 16.8 Å². The summed E-state index contributed by atoms with van der Waals surface area (Å²) in [6, 6.07) is 19.2. The van der Waals surface area contributed by atoms with Gasteiger partial charge in [0.15, 0.2) is 6.23 Å². The van der Waals surface area contributed by atoms with Crippen LogP contribution in [0.5, 0.6) is 0 Å². The third-order valence-corrected chi connectivity index (χ3v) is 3.88. The first-order chi connectivity index (χ1) is 9.78. The van der Waals surface area contributed by atoms with E-state index in [1.807, 2.05) is 0 Å². The molecule has 2 atom stereocenters. The van der Waals surface area contributed by atoms with E-state index in [2.05, 4.69) is 73.3 Å². The van der Waals surface area contributed by atoms with Gasteiger partial charge in [-0.1, -0.05) is 55.0 Å². The molecular weight excluding hydrogens is 246 g/mol. The Kier molecular flexibility index (Phi) is 3.75. The SMILES string of the molecule is CCC1CN(c2ccccc2)C(c2cccc(C)c2)O1. The maximum absolute atomic E-state index is 6.24. The Balaban J connectivity index is 1.94. The van der Waals surface area contributed by atoms with Crippen LogP contribution in [0.15, 0.2) is 54.6 Å². The summed E-state index contributed by atoms with van der Waals surface area (Å²) in [4.78, 5) is 2.36. The van der Waals surface area contributed by atoms with E-state index in [0.29, 0.717) is 6.10 Å². The third kappa shape index (κ3) is 2.56. The van der Waals surface area contributed by atoms with Crippen LogP contribution >= 0.6 is 0 Å². The Morgan fingerprint density at radius 1 is 1.10 bits per heavy atom. The number of para-hydroxylation sites is 1. The van der Waals surface area contributed by atoms with Crippen LogP contribution in [0.2, 0.25) is 0 Å². The lowest BCUT2D eigenvalue weighted by molar-refractivity contribution is 0.0462. The van der Waals surface area contributed by atoms with Crippen LogP contribution in [0.3, 0.4) is 0 Å². The van der Waals surface area contributed by atoms with E-state index in [-0.39, 0.29) is 6.23 Å². The second kappa shape index (κ2) is 5.68. The Morgan fingerprint density at radius 2 is 1.90 bits per heavy atom. The molecule has 0 saturated carbocycles. The summed E-state index contributed by atoms with van der Waals surface area (Å²) < 4.78 is 6.24. The zero-order chi connectivity index (χ0) is 13.9. The number of aryl methyl sites for hydroxylation is 1. The third-order valence-electron chi connectivity index (χ3n) is 3.88. The fourth-order valence-corrected chi connectivity index (χ4v) is 2.78.